The summed E-state index contributed by atoms with van der Waals surface area (Å²) in [6.07, 6.45) is 6.69. The molecule has 0 bridgehead atoms. The van der Waals surface area contributed by atoms with E-state index in [1.165, 1.54) is 67.4 Å². The second kappa shape index (κ2) is 5.86. The van der Waals surface area contributed by atoms with Gasteiger partial charge < -0.3 is 10.2 Å². The number of aryl methyl sites for hydroxylation is 1. The number of hydrogen-bond donors (Lipinski definition) is 1. The number of fused-ring (bicyclic) bond motifs is 1. The number of thiazole rings is 1. The molecular weight excluding hydrogens is 280 g/mol. The van der Waals surface area contributed by atoms with E-state index in [1.54, 1.807) is 0 Å². The summed E-state index contributed by atoms with van der Waals surface area (Å²) in [6.45, 7) is 6.09. The van der Waals surface area contributed by atoms with Crippen LogP contribution in [-0.4, -0.2) is 49.7 Å². The first-order chi connectivity index (χ1) is 10.3. The summed E-state index contributed by atoms with van der Waals surface area (Å²) in [4.78, 5) is 11.7. The lowest BCUT2D eigenvalue weighted by Gasteiger charge is -2.34. The van der Waals surface area contributed by atoms with Gasteiger partial charge in [-0.25, -0.2) is 4.98 Å². The van der Waals surface area contributed by atoms with Crippen molar-refractivity contribution in [3.05, 3.63) is 10.6 Å². The van der Waals surface area contributed by atoms with E-state index in [0.717, 1.165) is 19.0 Å². The Hall–Kier alpha value is -0.650. The Labute approximate surface area is 131 Å². The highest BCUT2D eigenvalue weighted by Gasteiger charge is 2.29. The first kappa shape index (κ1) is 14.0. The topological polar surface area (TPSA) is 31.4 Å². The standard InChI is InChI=1S/C16H26N4S/c1-17-13-3-2-4-14-15(13)18-16(21-14)20-9-7-19(8-10-20)11-12-5-6-12/h12-13,17H,2-11H2,1H3. The Morgan fingerprint density at radius 1 is 1.19 bits per heavy atom. The number of aromatic nitrogens is 1. The molecule has 1 saturated carbocycles. The van der Waals surface area contributed by atoms with Gasteiger partial charge in [-0.15, -0.1) is 11.3 Å². The van der Waals surface area contributed by atoms with Crippen LogP contribution in [0.1, 0.15) is 42.3 Å². The fraction of sp³-hybridized carbons (Fsp3) is 0.812. The van der Waals surface area contributed by atoms with Crippen LogP contribution in [0.4, 0.5) is 5.13 Å². The summed E-state index contributed by atoms with van der Waals surface area (Å²) in [5, 5.41) is 4.70. The van der Waals surface area contributed by atoms with Crippen molar-refractivity contribution in [1.82, 2.24) is 15.2 Å². The van der Waals surface area contributed by atoms with Crippen molar-refractivity contribution in [3.63, 3.8) is 0 Å². The van der Waals surface area contributed by atoms with Gasteiger partial charge in [-0.05, 0) is 45.1 Å². The Morgan fingerprint density at radius 3 is 2.71 bits per heavy atom. The summed E-state index contributed by atoms with van der Waals surface area (Å²) in [5.41, 5.74) is 1.34. The molecule has 3 aliphatic rings. The Bertz CT molecular complexity index is 488. The molecule has 5 heteroatoms. The molecule has 0 radical (unpaired) electrons. The quantitative estimate of drug-likeness (QED) is 0.925. The lowest BCUT2D eigenvalue weighted by molar-refractivity contribution is 0.248. The van der Waals surface area contributed by atoms with Gasteiger partial charge >= 0.3 is 0 Å². The third-order valence-electron chi connectivity index (χ3n) is 5.15. The maximum absolute atomic E-state index is 4.99. The van der Waals surface area contributed by atoms with Crippen molar-refractivity contribution in [2.45, 2.75) is 38.1 Å². The minimum absolute atomic E-state index is 0.481. The number of anilines is 1. The summed E-state index contributed by atoms with van der Waals surface area (Å²) >= 11 is 1.94. The average molecular weight is 306 g/mol. The summed E-state index contributed by atoms with van der Waals surface area (Å²) in [6, 6.07) is 0.481. The molecule has 1 aromatic heterocycles. The van der Waals surface area contributed by atoms with Crippen LogP contribution >= 0.6 is 11.3 Å². The third-order valence-corrected chi connectivity index (χ3v) is 6.34. The van der Waals surface area contributed by atoms with Gasteiger partial charge in [-0.3, -0.25) is 4.90 Å². The van der Waals surface area contributed by atoms with Crippen molar-refractivity contribution in [2.75, 3.05) is 44.7 Å². The molecule has 1 saturated heterocycles. The Kier molecular flexibility index (Phi) is 3.90. The maximum Gasteiger partial charge on any atom is 0.185 e. The molecule has 0 amide bonds. The van der Waals surface area contributed by atoms with E-state index in [2.05, 4.69) is 22.2 Å². The molecule has 116 valence electrons. The largest absolute Gasteiger partial charge is 0.346 e. The zero-order valence-electron chi connectivity index (χ0n) is 13.0. The SMILES string of the molecule is CNC1CCCc2sc(N3CCN(CC4CC4)CC3)nc21. The van der Waals surface area contributed by atoms with Crippen LogP contribution in [0.25, 0.3) is 0 Å². The zero-order valence-corrected chi connectivity index (χ0v) is 13.8. The van der Waals surface area contributed by atoms with E-state index in [4.69, 9.17) is 4.98 Å². The molecule has 2 aliphatic carbocycles. The highest BCUT2D eigenvalue weighted by atomic mass is 32.1. The van der Waals surface area contributed by atoms with Crippen LogP contribution in [0, 0.1) is 5.92 Å². The van der Waals surface area contributed by atoms with Gasteiger partial charge in [-0.2, -0.15) is 0 Å². The van der Waals surface area contributed by atoms with Crippen LogP contribution in [0.3, 0.4) is 0 Å². The molecular formula is C16H26N4S. The zero-order chi connectivity index (χ0) is 14.2. The van der Waals surface area contributed by atoms with Crippen LogP contribution in [-0.2, 0) is 6.42 Å². The van der Waals surface area contributed by atoms with Crippen molar-refractivity contribution in [3.8, 4) is 0 Å². The molecule has 1 aromatic rings. The fourth-order valence-electron chi connectivity index (χ4n) is 3.61. The minimum atomic E-state index is 0.481. The number of nitrogens with one attached hydrogen (secondary N) is 1. The van der Waals surface area contributed by atoms with Crippen molar-refractivity contribution in [1.29, 1.82) is 0 Å². The summed E-state index contributed by atoms with van der Waals surface area (Å²) in [5.74, 6) is 1.01. The number of nitrogens with zero attached hydrogens (tertiary/aromatic N) is 3. The Morgan fingerprint density at radius 2 is 2.00 bits per heavy atom. The first-order valence-corrected chi connectivity index (χ1v) is 9.29. The molecule has 1 unspecified atom stereocenters. The highest BCUT2D eigenvalue weighted by Crippen LogP contribution is 2.37. The van der Waals surface area contributed by atoms with E-state index in [-0.39, 0.29) is 0 Å². The fourth-order valence-corrected chi connectivity index (χ4v) is 4.82. The molecule has 2 heterocycles. The van der Waals surface area contributed by atoms with E-state index >= 15 is 0 Å². The normalized spacial score (nSPS) is 26.9. The van der Waals surface area contributed by atoms with E-state index in [9.17, 15) is 0 Å². The van der Waals surface area contributed by atoms with Crippen LogP contribution in [0.5, 0.6) is 0 Å². The van der Waals surface area contributed by atoms with Gasteiger partial charge in [0.25, 0.3) is 0 Å². The van der Waals surface area contributed by atoms with Crippen molar-refractivity contribution >= 4 is 16.5 Å². The molecule has 4 nitrogen and oxygen atoms in total. The molecule has 1 atom stereocenters. The first-order valence-electron chi connectivity index (χ1n) is 8.47. The molecule has 1 N–H and O–H groups in total. The van der Waals surface area contributed by atoms with E-state index in [1.807, 2.05) is 11.3 Å². The van der Waals surface area contributed by atoms with Crippen LogP contribution < -0.4 is 10.2 Å². The van der Waals surface area contributed by atoms with Gasteiger partial charge in [0.1, 0.15) is 0 Å². The van der Waals surface area contributed by atoms with Gasteiger partial charge in [0, 0.05) is 37.6 Å². The smallest absolute Gasteiger partial charge is 0.185 e. The van der Waals surface area contributed by atoms with Gasteiger partial charge in [0.2, 0.25) is 0 Å². The molecule has 0 spiro atoms. The molecule has 4 rings (SSSR count). The van der Waals surface area contributed by atoms with Crippen molar-refractivity contribution in [2.24, 2.45) is 5.92 Å². The number of rotatable bonds is 4. The lowest BCUT2D eigenvalue weighted by atomic mass is 9.98. The summed E-state index contributed by atoms with van der Waals surface area (Å²) < 4.78 is 0. The second-order valence-electron chi connectivity index (χ2n) is 6.77. The van der Waals surface area contributed by atoms with Gasteiger partial charge in [-0.1, -0.05) is 0 Å². The summed E-state index contributed by atoms with van der Waals surface area (Å²) in [7, 11) is 2.06. The van der Waals surface area contributed by atoms with E-state index in [0.29, 0.717) is 6.04 Å². The predicted molar refractivity (Wildman–Crippen MR) is 88.2 cm³/mol. The molecule has 21 heavy (non-hydrogen) atoms. The van der Waals surface area contributed by atoms with Crippen LogP contribution in [0.15, 0.2) is 0 Å². The monoisotopic (exact) mass is 306 g/mol. The molecule has 0 aromatic carbocycles. The van der Waals surface area contributed by atoms with Gasteiger partial charge in [0.15, 0.2) is 5.13 Å². The third kappa shape index (κ3) is 2.96. The predicted octanol–water partition coefficient (Wildman–Crippen LogP) is 2.27. The second-order valence-corrected chi connectivity index (χ2v) is 7.83. The minimum Gasteiger partial charge on any atom is -0.346 e. The van der Waals surface area contributed by atoms with Gasteiger partial charge in [0.05, 0.1) is 11.7 Å². The molecule has 2 fully saturated rings. The lowest BCUT2D eigenvalue weighted by Crippen LogP contribution is -2.47. The Balaban J connectivity index is 1.41. The van der Waals surface area contributed by atoms with Crippen molar-refractivity contribution < 1.29 is 0 Å². The molecule has 1 aliphatic heterocycles. The maximum atomic E-state index is 4.99. The average Bonchev–Trinajstić information content (AvgIpc) is 3.22. The van der Waals surface area contributed by atoms with Crippen LogP contribution in [0.2, 0.25) is 0 Å². The van der Waals surface area contributed by atoms with E-state index < -0.39 is 0 Å². The number of hydrogen-bond acceptors (Lipinski definition) is 5. The number of piperazine rings is 1. The highest BCUT2D eigenvalue weighted by molar-refractivity contribution is 7.15.